The van der Waals surface area contributed by atoms with Crippen LogP contribution in [-0.2, 0) is 4.79 Å². The summed E-state index contributed by atoms with van der Waals surface area (Å²) in [5, 5.41) is 21.9. The molecule has 1 aromatic rings. The average Bonchev–Trinajstić information content (AvgIpc) is 2.42. The molecule has 2 N–H and O–H groups in total. The van der Waals surface area contributed by atoms with E-state index in [1.807, 2.05) is 0 Å². The number of rotatable bonds is 6. The highest BCUT2D eigenvalue weighted by Gasteiger charge is 2.27. The summed E-state index contributed by atoms with van der Waals surface area (Å²) in [6.07, 6.45) is 0. The molecule has 0 aliphatic carbocycles. The molecule has 0 saturated heterocycles. The van der Waals surface area contributed by atoms with Crippen LogP contribution < -0.4 is 5.32 Å². The first-order valence-electron chi connectivity index (χ1n) is 6.18. The number of carbonyl (C=O) groups excluding carboxylic acids is 1. The maximum Gasteiger partial charge on any atom is 0.317 e. The van der Waals surface area contributed by atoms with Gasteiger partial charge in [-0.3, -0.25) is 19.7 Å². The van der Waals surface area contributed by atoms with Gasteiger partial charge in [-0.2, -0.15) is 0 Å². The Morgan fingerprint density at radius 3 is 2.43 bits per heavy atom. The van der Waals surface area contributed by atoms with Crippen LogP contribution >= 0.6 is 11.8 Å². The van der Waals surface area contributed by atoms with Crippen LogP contribution in [-0.4, -0.2) is 34.2 Å². The van der Waals surface area contributed by atoms with Crippen molar-refractivity contribution in [3.8, 4) is 0 Å². The molecule has 1 atom stereocenters. The van der Waals surface area contributed by atoms with E-state index in [0.717, 1.165) is 17.8 Å². The summed E-state index contributed by atoms with van der Waals surface area (Å²) in [6.45, 7) is 3.47. The Labute approximate surface area is 125 Å². The van der Waals surface area contributed by atoms with Crippen molar-refractivity contribution in [3.05, 3.63) is 33.9 Å². The molecule has 1 rings (SSSR count). The van der Waals surface area contributed by atoms with E-state index in [0.29, 0.717) is 0 Å². The van der Waals surface area contributed by atoms with Gasteiger partial charge in [0.05, 0.1) is 9.82 Å². The fourth-order valence-corrected chi connectivity index (χ4v) is 2.70. The second-order valence-electron chi connectivity index (χ2n) is 4.64. The zero-order valence-corrected chi connectivity index (χ0v) is 12.6. The molecule has 0 spiro atoms. The fourth-order valence-electron chi connectivity index (χ4n) is 1.65. The van der Waals surface area contributed by atoms with Crippen molar-refractivity contribution in [2.45, 2.75) is 24.0 Å². The Morgan fingerprint density at radius 2 is 2.00 bits per heavy atom. The predicted octanol–water partition coefficient (Wildman–Crippen LogP) is 2.16. The molecule has 0 radical (unpaired) electrons. The van der Waals surface area contributed by atoms with Gasteiger partial charge >= 0.3 is 5.97 Å². The smallest absolute Gasteiger partial charge is 0.317 e. The predicted molar refractivity (Wildman–Crippen MR) is 78.6 cm³/mol. The lowest BCUT2D eigenvalue weighted by Gasteiger charge is -2.15. The molecule has 0 aromatic heterocycles. The van der Waals surface area contributed by atoms with Crippen molar-refractivity contribution < 1.29 is 19.6 Å². The number of carbonyl (C=O) groups is 2. The minimum Gasteiger partial charge on any atom is -0.480 e. The second kappa shape index (κ2) is 7.07. The maximum absolute atomic E-state index is 11.5. The fraction of sp³-hybridized carbons (Fsp3) is 0.385. The van der Waals surface area contributed by atoms with Crippen LogP contribution in [0.1, 0.15) is 24.2 Å². The van der Waals surface area contributed by atoms with Crippen molar-refractivity contribution in [3.63, 3.8) is 0 Å². The molecule has 8 heteroatoms. The first-order valence-corrected chi connectivity index (χ1v) is 7.05. The van der Waals surface area contributed by atoms with Gasteiger partial charge in [-0.05, 0) is 18.1 Å². The van der Waals surface area contributed by atoms with E-state index in [9.17, 15) is 19.7 Å². The molecule has 1 aromatic carbocycles. The molecule has 21 heavy (non-hydrogen) atoms. The number of nitro groups is 1. The Balaban J connectivity index is 3.21. The number of nitrogens with zero attached hydrogens (tertiary/aromatic N) is 1. The maximum atomic E-state index is 11.5. The first kappa shape index (κ1) is 17.0. The van der Waals surface area contributed by atoms with Crippen LogP contribution in [0.2, 0.25) is 0 Å². The number of thioether (sulfide) groups is 1. The third-order valence-corrected chi connectivity index (χ3v) is 4.35. The molecule has 0 heterocycles. The molecular formula is C13H16N2O5S. The monoisotopic (exact) mass is 312 g/mol. The van der Waals surface area contributed by atoms with E-state index in [-0.39, 0.29) is 22.1 Å². The highest BCUT2D eigenvalue weighted by atomic mass is 32.2. The Hall–Kier alpha value is -2.09. The van der Waals surface area contributed by atoms with Gasteiger partial charge in [0.2, 0.25) is 0 Å². The minimum atomic E-state index is -1.03. The van der Waals surface area contributed by atoms with Crippen molar-refractivity contribution in [2.24, 2.45) is 5.92 Å². The largest absolute Gasteiger partial charge is 0.480 e. The summed E-state index contributed by atoms with van der Waals surface area (Å²) in [7, 11) is 1.43. The number of nitro benzene ring substituents is 1. The topological polar surface area (TPSA) is 110 Å². The van der Waals surface area contributed by atoms with Crippen molar-refractivity contribution in [2.75, 3.05) is 7.05 Å². The van der Waals surface area contributed by atoms with E-state index in [4.69, 9.17) is 5.11 Å². The first-order chi connectivity index (χ1) is 9.77. The Bertz CT molecular complexity index is 574. The van der Waals surface area contributed by atoms with Gasteiger partial charge in [-0.15, -0.1) is 11.8 Å². The normalized spacial score (nSPS) is 12.0. The average molecular weight is 312 g/mol. The van der Waals surface area contributed by atoms with Crippen LogP contribution in [0.4, 0.5) is 5.69 Å². The van der Waals surface area contributed by atoms with Gasteiger partial charge in [0.1, 0.15) is 5.25 Å². The number of hydrogen-bond donors (Lipinski definition) is 2. The van der Waals surface area contributed by atoms with Gasteiger partial charge in [0, 0.05) is 18.7 Å². The zero-order valence-electron chi connectivity index (χ0n) is 11.8. The van der Waals surface area contributed by atoms with E-state index >= 15 is 0 Å². The van der Waals surface area contributed by atoms with Crippen molar-refractivity contribution >= 4 is 29.3 Å². The summed E-state index contributed by atoms with van der Waals surface area (Å²) in [5.74, 6) is -1.65. The lowest BCUT2D eigenvalue weighted by atomic mass is 10.1. The lowest BCUT2D eigenvalue weighted by molar-refractivity contribution is -0.387. The summed E-state index contributed by atoms with van der Waals surface area (Å²) < 4.78 is 0. The number of amides is 1. The molecule has 1 unspecified atom stereocenters. The van der Waals surface area contributed by atoms with Gasteiger partial charge in [-0.1, -0.05) is 13.8 Å². The number of benzene rings is 1. The van der Waals surface area contributed by atoms with Crippen LogP contribution in [0, 0.1) is 16.0 Å². The Kier molecular flexibility index (Phi) is 5.71. The van der Waals surface area contributed by atoms with Crippen molar-refractivity contribution in [1.82, 2.24) is 5.32 Å². The van der Waals surface area contributed by atoms with Crippen LogP contribution in [0.3, 0.4) is 0 Å². The lowest BCUT2D eigenvalue weighted by Crippen LogP contribution is -2.22. The third-order valence-electron chi connectivity index (χ3n) is 2.75. The van der Waals surface area contributed by atoms with Crippen LogP contribution in [0.15, 0.2) is 23.1 Å². The van der Waals surface area contributed by atoms with Crippen LogP contribution in [0.5, 0.6) is 0 Å². The number of nitrogens with one attached hydrogen (secondary N) is 1. The van der Waals surface area contributed by atoms with Gasteiger partial charge < -0.3 is 10.4 Å². The van der Waals surface area contributed by atoms with Gasteiger partial charge in [-0.25, -0.2) is 0 Å². The third kappa shape index (κ3) is 4.19. The van der Waals surface area contributed by atoms with Gasteiger partial charge in [0.15, 0.2) is 0 Å². The zero-order chi connectivity index (χ0) is 16.2. The number of carboxylic acid groups (broad SMARTS) is 1. The summed E-state index contributed by atoms with van der Waals surface area (Å²) in [6, 6.07) is 4.00. The molecule has 1 amide bonds. The molecule has 0 bridgehead atoms. The molecule has 0 fully saturated rings. The SMILES string of the molecule is CNC(=O)c1ccc(SC(C(=O)O)C(C)C)c([N+](=O)[O-])c1. The second-order valence-corrected chi connectivity index (χ2v) is 5.82. The molecular weight excluding hydrogens is 296 g/mol. The highest BCUT2D eigenvalue weighted by Crippen LogP contribution is 2.35. The standard InChI is InChI=1S/C13H16N2O5S/c1-7(2)11(13(17)18)21-10-5-4-8(12(16)14-3)6-9(10)15(19)20/h4-7,11H,1-3H3,(H,14,16)(H,17,18). The van der Waals surface area contributed by atoms with Crippen molar-refractivity contribution in [1.29, 1.82) is 0 Å². The summed E-state index contributed by atoms with van der Waals surface area (Å²) in [5.41, 5.74) is -0.113. The molecule has 114 valence electrons. The van der Waals surface area contributed by atoms with E-state index < -0.39 is 22.0 Å². The summed E-state index contributed by atoms with van der Waals surface area (Å²) >= 11 is 0.915. The van der Waals surface area contributed by atoms with E-state index in [2.05, 4.69) is 5.32 Å². The molecule has 0 aliphatic rings. The highest BCUT2D eigenvalue weighted by molar-refractivity contribution is 8.00. The van der Waals surface area contributed by atoms with Crippen LogP contribution in [0.25, 0.3) is 0 Å². The van der Waals surface area contributed by atoms with Gasteiger partial charge in [0.25, 0.3) is 11.6 Å². The molecule has 7 nitrogen and oxygen atoms in total. The molecule has 0 saturated carbocycles. The Morgan fingerprint density at radius 1 is 1.38 bits per heavy atom. The minimum absolute atomic E-state index is 0.157. The number of hydrogen-bond acceptors (Lipinski definition) is 5. The number of carboxylic acids is 1. The van der Waals surface area contributed by atoms with E-state index in [1.54, 1.807) is 13.8 Å². The number of aliphatic carboxylic acids is 1. The molecule has 0 aliphatic heterocycles. The quantitative estimate of drug-likeness (QED) is 0.473. The van der Waals surface area contributed by atoms with E-state index in [1.165, 1.54) is 19.2 Å². The summed E-state index contributed by atoms with van der Waals surface area (Å²) in [4.78, 5) is 33.4.